The molecule has 0 heterocycles. The van der Waals surface area contributed by atoms with E-state index in [1.54, 1.807) is 0 Å². The molecule has 2 aromatic carbocycles. The lowest BCUT2D eigenvalue weighted by Crippen LogP contribution is -2.15. The largest absolute Gasteiger partial charge is 0.398 e. The van der Waals surface area contributed by atoms with Crippen LogP contribution >= 0.6 is 27.5 Å². The van der Waals surface area contributed by atoms with Crippen LogP contribution in [0.5, 0.6) is 0 Å². The van der Waals surface area contributed by atoms with E-state index in [0.29, 0.717) is 0 Å². The van der Waals surface area contributed by atoms with Gasteiger partial charge in [-0.2, -0.15) is 0 Å². The van der Waals surface area contributed by atoms with E-state index in [2.05, 4.69) is 20.7 Å². The summed E-state index contributed by atoms with van der Waals surface area (Å²) >= 11 is 8.67. The third kappa shape index (κ3) is 3.45. The van der Waals surface area contributed by atoms with E-state index in [4.69, 9.17) is 17.3 Å². The Labute approximate surface area is 133 Å². The van der Waals surface area contributed by atoms with E-state index in [-0.39, 0.29) is 25.8 Å². The summed E-state index contributed by atoms with van der Waals surface area (Å²) in [5.74, 6) is -1.36. The molecule has 0 fully saturated rings. The van der Waals surface area contributed by atoms with E-state index in [0.717, 1.165) is 24.3 Å². The number of sulfonamides is 1. The summed E-state index contributed by atoms with van der Waals surface area (Å²) in [5, 5.41) is 0.0136. The smallest absolute Gasteiger partial charge is 0.264 e. The summed E-state index contributed by atoms with van der Waals surface area (Å²) in [6, 6.07) is 5.10. The molecular formula is C12H8BrClF2N2O2S. The van der Waals surface area contributed by atoms with E-state index >= 15 is 0 Å². The Morgan fingerprint density at radius 1 is 1.19 bits per heavy atom. The Bertz CT molecular complexity index is 815. The van der Waals surface area contributed by atoms with E-state index < -0.39 is 21.7 Å². The monoisotopic (exact) mass is 396 g/mol. The van der Waals surface area contributed by atoms with Gasteiger partial charge in [-0.05, 0) is 46.3 Å². The number of halogens is 4. The van der Waals surface area contributed by atoms with Gasteiger partial charge in [0.15, 0.2) is 0 Å². The van der Waals surface area contributed by atoms with Gasteiger partial charge >= 0.3 is 0 Å². The minimum atomic E-state index is -4.15. The van der Waals surface area contributed by atoms with Gasteiger partial charge in [0.1, 0.15) is 16.5 Å². The molecule has 0 bridgehead atoms. The number of hydrogen-bond donors (Lipinski definition) is 2. The average Bonchev–Trinajstić information content (AvgIpc) is 2.37. The van der Waals surface area contributed by atoms with Crippen LogP contribution in [0, 0.1) is 11.6 Å². The van der Waals surface area contributed by atoms with Crippen LogP contribution < -0.4 is 10.5 Å². The summed E-state index contributed by atoms with van der Waals surface area (Å²) in [6.07, 6.45) is 0. The van der Waals surface area contributed by atoms with Crippen LogP contribution in [0.15, 0.2) is 39.7 Å². The van der Waals surface area contributed by atoms with Crippen molar-refractivity contribution in [2.75, 3.05) is 10.5 Å². The molecule has 0 spiro atoms. The number of rotatable bonds is 3. The van der Waals surface area contributed by atoms with Gasteiger partial charge in [0.05, 0.1) is 20.9 Å². The second kappa shape index (κ2) is 5.78. The van der Waals surface area contributed by atoms with Crippen molar-refractivity contribution in [3.63, 3.8) is 0 Å². The van der Waals surface area contributed by atoms with Crippen LogP contribution in [0.2, 0.25) is 5.02 Å². The molecule has 0 atom stereocenters. The van der Waals surface area contributed by atoms with Crippen molar-refractivity contribution in [1.29, 1.82) is 0 Å². The highest BCUT2D eigenvalue weighted by molar-refractivity contribution is 9.10. The molecule has 3 N–H and O–H groups in total. The van der Waals surface area contributed by atoms with Gasteiger partial charge in [-0.1, -0.05) is 11.6 Å². The average molecular weight is 398 g/mol. The fourth-order valence-corrected chi connectivity index (χ4v) is 3.48. The predicted octanol–water partition coefficient (Wildman–Crippen LogP) is 3.76. The number of hydrogen-bond acceptors (Lipinski definition) is 3. The second-order valence-corrected chi connectivity index (χ2v) is 6.95. The van der Waals surface area contributed by atoms with Gasteiger partial charge in [-0.15, -0.1) is 0 Å². The summed E-state index contributed by atoms with van der Waals surface area (Å²) in [6.45, 7) is 0. The molecule has 0 saturated carbocycles. The minimum Gasteiger partial charge on any atom is -0.398 e. The van der Waals surface area contributed by atoms with Crippen LogP contribution in [0.1, 0.15) is 0 Å². The Balaban J connectivity index is 2.48. The first-order valence-electron chi connectivity index (χ1n) is 5.43. The predicted molar refractivity (Wildman–Crippen MR) is 80.7 cm³/mol. The molecule has 0 aromatic heterocycles. The van der Waals surface area contributed by atoms with Gasteiger partial charge < -0.3 is 5.73 Å². The molecule has 9 heteroatoms. The Morgan fingerprint density at radius 2 is 1.86 bits per heavy atom. The summed E-state index contributed by atoms with van der Waals surface area (Å²) < 4.78 is 52.9. The van der Waals surface area contributed by atoms with Crippen LogP contribution in [-0.2, 0) is 10.0 Å². The molecule has 2 rings (SSSR count). The molecule has 112 valence electrons. The molecule has 0 aliphatic heterocycles. The number of nitrogens with two attached hydrogens (primary N) is 1. The third-order valence-electron chi connectivity index (χ3n) is 2.51. The second-order valence-electron chi connectivity index (χ2n) is 4.03. The molecule has 4 nitrogen and oxygen atoms in total. The lowest BCUT2D eigenvalue weighted by molar-refractivity contribution is 0.599. The maximum Gasteiger partial charge on any atom is 0.264 e. The number of anilines is 2. The van der Waals surface area contributed by atoms with Crippen molar-refractivity contribution < 1.29 is 17.2 Å². The first kappa shape index (κ1) is 16.0. The maximum absolute atomic E-state index is 13.3. The summed E-state index contributed by atoms with van der Waals surface area (Å²) in [7, 11) is -4.15. The van der Waals surface area contributed by atoms with E-state index in [9.17, 15) is 17.2 Å². The fraction of sp³-hybridized carbons (Fsp3) is 0. The van der Waals surface area contributed by atoms with E-state index in [1.165, 1.54) is 6.07 Å². The number of nitrogens with one attached hydrogen (secondary N) is 1. The van der Waals surface area contributed by atoms with Crippen LogP contribution in [0.3, 0.4) is 0 Å². The molecule has 0 saturated heterocycles. The molecule has 2 aromatic rings. The highest BCUT2D eigenvalue weighted by Gasteiger charge is 2.21. The normalized spacial score (nSPS) is 11.4. The SMILES string of the molecule is Nc1cc(F)c(Br)cc1S(=O)(=O)Nc1cc(F)ccc1Cl. The van der Waals surface area contributed by atoms with Crippen molar-refractivity contribution in [2.45, 2.75) is 4.90 Å². The van der Waals surface area contributed by atoms with Gasteiger partial charge in [-0.25, -0.2) is 17.2 Å². The molecule has 0 aliphatic rings. The molecule has 0 aliphatic carbocycles. The van der Waals surface area contributed by atoms with Crippen LogP contribution in [0.25, 0.3) is 0 Å². The number of nitrogen functional groups attached to an aromatic ring is 1. The Hall–Kier alpha value is -1.38. The highest BCUT2D eigenvalue weighted by Crippen LogP contribution is 2.30. The zero-order chi connectivity index (χ0) is 15.8. The lowest BCUT2D eigenvalue weighted by Gasteiger charge is -2.12. The maximum atomic E-state index is 13.3. The van der Waals surface area contributed by atoms with Crippen molar-refractivity contribution in [2.24, 2.45) is 0 Å². The number of benzene rings is 2. The molecule has 21 heavy (non-hydrogen) atoms. The topological polar surface area (TPSA) is 72.2 Å². The van der Waals surface area contributed by atoms with E-state index in [1.807, 2.05) is 0 Å². The molecule has 0 radical (unpaired) electrons. The van der Waals surface area contributed by atoms with Crippen molar-refractivity contribution in [1.82, 2.24) is 0 Å². The van der Waals surface area contributed by atoms with Crippen LogP contribution in [0.4, 0.5) is 20.2 Å². The quantitative estimate of drug-likeness (QED) is 0.775. The third-order valence-corrected chi connectivity index (χ3v) is 4.87. The lowest BCUT2D eigenvalue weighted by atomic mass is 10.3. The molecule has 0 unspecified atom stereocenters. The Kier molecular flexibility index (Phi) is 4.40. The molecular weight excluding hydrogens is 390 g/mol. The van der Waals surface area contributed by atoms with Gasteiger partial charge in [0, 0.05) is 0 Å². The summed E-state index contributed by atoms with van der Waals surface area (Å²) in [4.78, 5) is -0.351. The highest BCUT2D eigenvalue weighted by atomic mass is 79.9. The van der Waals surface area contributed by atoms with Crippen molar-refractivity contribution >= 4 is 48.9 Å². The van der Waals surface area contributed by atoms with Crippen molar-refractivity contribution in [3.05, 3.63) is 51.5 Å². The van der Waals surface area contributed by atoms with Crippen molar-refractivity contribution in [3.8, 4) is 0 Å². The Morgan fingerprint density at radius 3 is 2.52 bits per heavy atom. The first-order valence-corrected chi connectivity index (χ1v) is 8.08. The van der Waals surface area contributed by atoms with Gasteiger partial charge in [0.2, 0.25) is 0 Å². The minimum absolute atomic E-state index is 0.0136. The van der Waals surface area contributed by atoms with Gasteiger partial charge in [0.25, 0.3) is 10.0 Å². The van der Waals surface area contributed by atoms with Crippen LogP contribution in [-0.4, -0.2) is 8.42 Å². The first-order chi connectivity index (χ1) is 9.70. The molecule has 0 amide bonds. The standard InChI is InChI=1S/C12H8BrClF2N2O2S/c13-7-4-12(10(17)5-9(7)16)21(19,20)18-11-3-6(15)1-2-8(11)14/h1-5,18H,17H2. The summed E-state index contributed by atoms with van der Waals surface area (Å²) in [5.41, 5.74) is 5.09. The zero-order valence-corrected chi connectivity index (χ0v) is 13.4. The van der Waals surface area contributed by atoms with Gasteiger partial charge in [-0.3, -0.25) is 4.72 Å². The fourth-order valence-electron chi connectivity index (χ4n) is 1.55. The zero-order valence-electron chi connectivity index (χ0n) is 10.2.